The minimum Gasteiger partial charge on any atom is -0.396 e. The summed E-state index contributed by atoms with van der Waals surface area (Å²) < 4.78 is 0. The molecule has 1 aliphatic rings. The van der Waals surface area contributed by atoms with E-state index in [-0.39, 0.29) is 24.5 Å². The summed E-state index contributed by atoms with van der Waals surface area (Å²) in [6.07, 6.45) is 2.06. The molecule has 0 bridgehead atoms. The van der Waals surface area contributed by atoms with Gasteiger partial charge in [-0.15, -0.1) is 0 Å². The van der Waals surface area contributed by atoms with E-state index in [4.69, 9.17) is 23.2 Å². The van der Waals surface area contributed by atoms with Crippen molar-refractivity contribution in [2.45, 2.75) is 25.8 Å². The zero-order chi connectivity index (χ0) is 16.1. The van der Waals surface area contributed by atoms with Crippen molar-refractivity contribution in [3.05, 3.63) is 33.8 Å². The highest BCUT2D eigenvalue weighted by molar-refractivity contribution is 6.42. The molecule has 6 heteroatoms. The molecule has 22 heavy (non-hydrogen) atoms. The molecule has 2 rings (SSSR count). The molecule has 2 atom stereocenters. The number of halogens is 2. The van der Waals surface area contributed by atoms with Crippen molar-refractivity contribution in [3.8, 4) is 0 Å². The van der Waals surface area contributed by atoms with E-state index in [1.54, 1.807) is 12.1 Å². The lowest BCUT2D eigenvalue weighted by molar-refractivity contribution is -0.123. The monoisotopic (exact) mass is 344 g/mol. The van der Waals surface area contributed by atoms with Gasteiger partial charge in [0.25, 0.3) is 0 Å². The van der Waals surface area contributed by atoms with E-state index >= 15 is 0 Å². The number of amides is 1. The first-order valence-electron chi connectivity index (χ1n) is 7.57. The summed E-state index contributed by atoms with van der Waals surface area (Å²) in [5.41, 5.74) is 0.926. The van der Waals surface area contributed by atoms with Crippen molar-refractivity contribution >= 4 is 29.1 Å². The number of nitrogens with one attached hydrogen (secondary N) is 1. The van der Waals surface area contributed by atoms with Gasteiger partial charge in [-0.05, 0) is 49.9 Å². The molecule has 0 radical (unpaired) electrons. The number of nitrogens with zero attached hydrogens (tertiary/aromatic N) is 1. The number of aliphatic hydroxyl groups excluding tert-OH is 1. The van der Waals surface area contributed by atoms with Crippen molar-refractivity contribution in [2.24, 2.45) is 5.92 Å². The van der Waals surface area contributed by atoms with Crippen LogP contribution >= 0.6 is 23.2 Å². The van der Waals surface area contributed by atoms with Crippen LogP contribution in [0.3, 0.4) is 0 Å². The second-order valence-electron chi connectivity index (χ2n) is 5.89. The molecular formula is C16H22Cl2N2O2. The van der Waals surface area contributed by atoms with Crippen molar-refractivity contribution in [1.29, 1.82) is 0 Å². The van der Waals surface area contributed by atoms with Gasteiger partial charge in [0, 0.05) is 13.2 Å². The molecule has 0 aliphatic carbocycles. The van der Waals surface area contributed by atoms with Gasteiger partial charge in [-0.3, -0.25) is 9.69 Å². The molecule has 0 saturated carbocycles. The van der Waals surface area contributed by atoms with Gasteiger partial charge in [0.1, 0.15) is 0 Å². The van der Waals surface area contributed by atoms with E-state index in [0.29, 0.717) is 16.6 Å². The van der Waals surface area contributed by atoms with Gasteiger partial charge in [-0.2, -0.15) is 0 Å². The first-order valence-corrected chi connectivity index (χ1v) is 8.32. The van der Waals surface area contributed by atoms with Crippen LogP contribution in [0, 0.1) is 5.92 Å². The number of piperidine rings is 1. The van der Waals surface area contributed by atoms with E-state index in [0.717, 1.165) is 31.5 Å². The summed E-state index contributed by atoms with van der Waals surface area (Å²) in [6.45, 7) is 4.17. The summed E-state index contributed by atoms with van der Waals surface area (Å²) in [5, 5.41) is 13.2. The number of aliphatic hydroxyl groups is 1. The molecule has 1 aliphatic heterocycles. The Bertz CT molecular complexity index is 525. The highest BCUT2D eigenvalue weighted by atomic mass is 35.5. The Morgan fingerprint density at radius 1 is 1.45 bits per heavy atom. The summed E-state index contributed by atoms with van der Waals surface area (Å²) in [7, 11) is 0. The van der Waals surface area contributed by atoms with E-state index < -0.39 is 0 Å². The minimum absolute atomic E-state index is 0.0165. The van der Waals surface area contributed by atoms with Crippen molar-refractivity contribution < 1.29 is 9.90 Å². The number of carbonyl (C=O) groups excluding carboxylic acids is 1. The Labute approximate surface area is 141 Å². The van der Waals surface area contributed by atoms with Crippen LogP contribution in [-0.4, -0.2) is 42.2 Å². The molecule has 2 N–H and O–H groups in total. The summed E-state index contributed by atoms with van der Waals surface area (Å²) in [4.78, 5) is 14.3. The first-order chi connectivity index (χ1) is 10.5. The van der Waals surface area contributed by atoms with Gasteiger partial charge in [0.15, 0.2) is 0 Å². The Kier molecular flexibility index (Phi) is 6.50. The third-order valence-corrected chi connectivity index (χ3v) is 4.79. The molecule has 4 nitrogen and oxygen atoms in total. The standard InChI is InChI=1S/C16H22Cl2N2O2/c1-11(13-4-5-14(17)15(18)7-13)19-16(22)9-20-6-2-3-12(8-20)10-21/h4-5,7,11-12,21H,2-3,6,8-10H2,1H3,(H,19,22). The normalized spacial score (nSPS) is 20.6. The maximum absolute atomic E-state index is 12.2. The quantitative estimate of drug-likeness (QED) is 0.863. The van der Waals surface area contributed by atoms with Crippen LogP contribution in [0.15, 0.2) is 18.2 Å². The van der Waals surface area contributed by atoms with Crippen LogP contribution in [0.5, 0.6) is 0 Å². The second kappa shape index (κ2) is 8.16. The van der Waals surface area contributed by atoms with Crippen LogP contribution in [-0.2, 0) is 4.79 Å². The lowest BCUT2D eigenvalue weighted by Crippen LogP contribution is -2.43. The molecule has 1 saturated heterocycles. The van der Waals surface area contributed by atoms with Crippen LogP contribution in [0.2, 0.25) is 10.0 Å². The molecule has 2 unspecified atom stereocenters. The predicted molar refractivity (Wildman–Crippen MR) is 89.3 cm³/mol. The first kappa shape index (κ1) is 17.5. The second-order valence-corrected chi connectivity index (χ2v) is 6.70. The van der Waals surface area contributed by atoms with Gasteiger partial charge in [-0.1, -0.05) is 29.3 Å². The number of hydrogen-bond donors (Lipinski definition) is 2. The number of likely N-dealkylation sites (tertiary alicyclic amines) is 1. The van der Waals surface area contributed by atoms with Gasteiger partial charge in [0.2, 0.25) is 5.91 Å². The number of benzene rings is 1. The van der Waals surface area contributed by atoms with Crippen LogP contribution in [0.1, 0.15) is 31.4 Å². The Morgan fingerprint density at radius 3 is 2.91 bits per heavy atom. The SMILES string of the molecule is CC(NC(=O)CN1CCCC(CO)C1)c1ccc(Cl)c(Cl)c1. The molecule has 1 amide bonds. The van der Waals surface area contributed by atoms with Gasteiger partial charge in [-0.25, -0.2) is 0 Å². The fraction of sp³-hybridized carbons (Fsp3) is 0.562. The summed E-state index contributed by atoms with van der Waals surface area (Å²) >= 11 is 11.9. The minimum atomic E-state index is -0.124. The van der Waals surface area contributed by atoms with E-state index in [1.807, 2.05) is 13.0 Å². The van der Waals surface area contributed by atoms with Gasteiger partial charge < -0.3 is 10.4 Å². The largest absolute Gasteiger partial charge is 0.396 e. The molecule has 1 aromatic rings. The van der Waals surface area contributed by atoms with Crippen molar-refractivity contribution in [1.82, 2.24) is 10.2 Å². The number of hydrogen-bond acceptors (Lipinski definition) is 3. The van der Waals surface area contributed by atoms with Crippen molar-refractivity contribution in [3.63, 3.8) is 0 Å². The van der Waals surface area contributed by atoms with Crippen LogP contribution in [0.25, 0.3) is 0 Å². The van der Waals surface area contributed by atoms with Crippen LogP contribution in [0.4, 0.5) is 0 Å². The third kappa shape index (κ3) is 4.85. The average molecular weight is 345 g/mol. The number of carbonyl (C=O) groups is 1. The summed E-state index contributed by atoms with van der Waals surface area (Å²) in [5.74, 6) is 0.270. The summed E-state index contributed by atoms with van der Waals surface area (Å²) in [6, 6.07) is 5.25. The van der Waals surface area contributed by atoms with Crippen LogP contribution < -0.4 is 5.32 Å². The maximum atomic E-state index is 12.2. The van der Waals surface area contributed by atoms with Gasteiger partial charge >= 0.3 is 0 Å². The Hall–Kier alpha value is -0.810. The average Bonchev–Trinajstić information content (AvgIpc) is 2.50. The molecule has 1 fully saturated rings. The van der Waals surface area contributed by atoms with E-state index in [9.17, 15) is 9.90 Å². The molecule has 1 aromatic carbocycles. The third-order valence-electron chi connectivity index (χ3n) is 4.05. The highest BCUT2D eigenvalue weighted by Gasteiger charge is 2.21. The topological polar surface area (TPSA) is 52.6 Å². The zero-order valence-corrected chi connectivity index (χ0v) is 14.2. The molecule has 1 heterocycles. The zero-order valence-electron chi connectivity index (χ0n) is 12.7. The van der Waals surface area contributed by atoms with E-state index in [1.165, 1.54) is 0 Å². The lowest BCUT2D eigenvalue weighted by atomic mass is 9.99. The fourth-order valence-corrected chi connectivity index (χ4v) is 3.11. The van der Waals surface area contributed by atoms with E-state index in [2.05, 4.69) is 10.2 Å². The molecular weight excluding hydrogens is 323 g/mol. The highest BCUT2D eigenvalue weighted by Crippen LogP contribution is 2.25. The molecule has 122 valence electrons. The smallest absolute Gasteiger partial charge is 0.234 e. The Balaban J connectivity index is 1.86. The Morgan fingerprint density at radius 2 is 2.23 bits per heavy atom. The maximum Gasteiger partial charge on any atom is 0.234 e. The lowest BCUT2D eigenvalue weighted by Gasteiger charge is -2.31. The fourth-order valence-electron chi connectivity index (χ4n) is 2.80. The number of rotatable bonds is 5. The molecule has 0 aromatic heterocycles. The molecule has 0 spiro atoms. The predicted octanol–water partition coefficient (Wildman–Crippen LogP) is 2.87. The van der Waals surface area contributed by atoms with Crippen molar-refractivity contribution in [2.75, 3.05) is 26.2 Å². The van der Waals surface area contributed by atoms with Gasteiger partial charge in [0.05, 0.1) is 22.6 Å².